The summed E-state index contributed by atoms with van der Waals surface area (Å²) in [6.45, 7) is 3.40. The molecule has 4 heterocycles. The monoisotopic (exact) mass is 483 g/mol. The van der Waals surface area contributed by atoms with Gasteiger partial charge in [-0.15, -0.1) is 0 Å². The highest BCUT2D eigenvalue weighted by atomic mass is 35.5. The molecule has 11 heteroatoms. The highest BCUT2D eigenvalue weighted by Gasteiger charge is 2.49. The van der Waals surface area contributed by atoms with Crippen LogP contribution in [0.5, 0.6) is 0 Å². The Bertz CT molecular complexity index is 1200. The zero-order valence-electron chi connectivity index (χ0n) is 17.7. The van der Waals surface area contributed by atoms with E-state index in [-0.39, 0.29) is 35.4 Å². The first kappa shape index (κ1) is 22.5. The van der Waals surface area contributed by atoms with E-state index in [9.17, 15) is 18.3 Å². The van der Waals surface area contributed by atoms with E-state index in [2.05, 4.69) is 9.97 Å². The average molecular weight is 484 g/mol. The lowest BCUT2D eigenvalue weighted by molar-refractivity contribution is -0.142. The zero-order chi connectivity index (χ0) is 23.5. The van der Waals surface area contributed by atoms with Gasteiger partial charge in [0.1, 0.15) is 42.2 Å². The van der Waals surface area contributed by atoms with Gasteiger partial charge in [0, 0.05) is 11.8 Å². The summed E-state index contributed by atoms with van der Waals surface area (Å²) in [6.07, 6.45) is -5.51. The molecule has 1 aromatic carbocycles. The minimum Gasteiger partial charge on any atom is -0.388 e. The maximum Gasteiger partial charge on any atom is 0.417 e. The van der Waals surface area contributed by atoms with Crippen molar-refractivity contribution in [3.8, 4) is 5.69 Å². The van der Waals surface area contributed by atoms with Gasteiger partial charge in [0.2, 0.25) is 0 Å². The minimum absolute atomic E-state index is 0.0184. The van der Waals surface area contributed by atoms with Crippen LogP contribution in [0.2, 0.25) is 5.15 Å². The van der Waals surface area contributed by atoms with E-state index < -0.39 is 42.1 Å². The molecular formula is C22H21ClF3N3O4. The molecule has 0 spiro atoms. The topological polar surface area (TPSA) is 78.6 Å². The molecule has 0 radical (unpaired) electrons. The van der Waals surface area contributed by atoms with Crippen LogP contribution in [0.3, 0.4) is 0 Å². The molecule has 4 atom stereocenters. The predicted molar refractivity (Wildman–Crippen MR) is 112 cm³/mol. The van der Waals surface area contributed by atoms with E-state index in [0.717, 1.165) is 0 Å². The lowest BCUT2D eigenvalue weighted by Gasteiger charge is -2.28. The molecule has 0 amide bonds. The molecule has 0 bridgehead atoms. The number of rotatable bonds is 4. The predicted octanol–water partition coefficient (Wildman–Crippen LogP) is 4.59. The van der Waals surface area contributed by atoms with Crippen molar-refractivity contribution in [3.63, 3.8) is 0 Å². The van der Waals surface area contributed by atoms with Crippen LogP contribution >= 0.6 is 11.6 Å². The van der Waals surface area contributed by atoms with Crippen LogP contribution in [-0.4, -0.2) is 45.2 Å². The molecule has 176 valence electrons. The third kappa shape index (κ3) is 3.70. The number of aliphatic hydroxyl groups excluding tert-OH is 1. The molecule has 0 aliphatic carbocycles. The molecule has 33 heavy (non-hydrogen) atoms. The Labute approximate surface area is 192 Å². The van der Waals surface area contributed by atoms with E-state index in [1.165, 1.54) is 23.0 Å². The number of aliphatic hydroxyl groups is 1. The molecule has 2 fully saturated rings. The van der Waals surface area contributed by atoms with Gasteiger partial charge in [-0.05, 0) is 23.6 Å². The highest BCUT2D eigenvalue weighted by Crippen LogP contribution is 2.48. The Morgan fingerprint density at radius 3 is 2.67 bits per heavy atom. The van der Waals surface area contributed by atoms with Crippen LogP contribution in [0.4, 0.5) is 13.2 Å². The minimum atomic E-state index is -4.77. The van der Waals surface area contributed by atoms with Gasteiger partial charge in [-0.25, -0.2) is 9.97 Å². The van der Waals surface area contributed by atoms with E-state index in [1.807, 2.05) is 0 Å². The van der Waals surface area contributed by atoms with Gasteiger partial charge in [-0.3, -0.25) is 0 Å². The molecule has 0 saturated carbocycles. The summed E-state index contributed by atoms with van der Waals surface area (Å²) in [6, 6.07) is 4.48. The first-order valence-corrected chi connectivity index (χ1v) is 10.8. The smallest absolute Gasteiger partial charge is 0.388 e. The normalized spacial score (nSPS) is 24.1. The summed E-state index contributed by atoms with van der Waals surface area (Å²) in [5.74, 6) is -0.438. The summed E-state index contributed by atoms with van der Waals surface area (Å²) in [5.41, 5.74) is -0.742. The van der Waals surface area contributed by atoms with Crippen LogP contribution in [0, 0.1) is 5.92 Å². The van der Waals surface area contributed by atoms with Gasteiger partial charge in [0.15, 0.2) is 0 Å². The number of halogens is 4. The Morgan fingerprint density at radius 1 is 1.15 bits per heavy atom. The lowest BCUT2D eigenvalue weighted by Crippen LogP contribution is -2.27. The molecule has 7 nitrogen and oxygen atoms in total. The summed E-state index contributed by atoms with van der Waals surface area (Å²) in [5, 5.41) is 11.4. The Morgan fingerprint density at radius 2 is 1.94 bits per heavy atom. The number of hydrogen-bond acceptors (Lipinski definition) is 6. The number of alkyl halides is 3. The molecule has 5 rings (SSSR count). The molecule has 2 aliphatic heterocycles. The molecular weight excluding hydrogens is 463 g/mol. The van der Waals surface area contributed by atoms with Crippen LogP contribution < -0.4 is 0 Å². The van der Waals surface area contributed by atoms with E-state index >= 15 is 0 Å². The first-order valence-electron chi connectivity index (χ1n) is 10.4. The largest absolute Gasteiger partial charge is 0.417 e. The van der Waals surface area contributed by atoms with Crippen LogP contribution in [0.15, 0.2) is 30.7 Å². The number of benzene rings is 1. The van der Waals surface area contributed by atoms with Gasteiger partial charge in [0.25, 0.3) is 0 Å². The van der Waals surface area contributed by atoms with Crippen LogP contribution in [0.1, 0.15) is 42.7 Å². The quantitative estimate of drug-likeness (QED) is 0.547. The number of nitrogens with zero attached hydrogens (tertiary/aromatic N) is 3. The fraction of sp³-hybridized carbons (Fsp3) is 0.455. The van der Waals surface area contributed by atoms with Crippen LogP contribution in [-0.2, 0) is 20.4 Å². The number of fused-ring (bicyclic) bond motifs is 2. The summed E-state index contributed by atoms with van der Waals surface area (Å²) in [7, 11) is 0. The highest BCUT2D eigenvalue weighted by molar-refractivity contribution is 6.33. The van der Waals surface area contributed by atoms with Gasteiger partial charge in [-0.2, -0.15) is 13.2 Å². The Hall–Kier alpha value is -2.24. The van der Waals surface area contributed by atoms with E-state index in [4.69, 9.17) is 25.8 Å². The molecule has 1 unspecified atom stereocenters. The van der Waals surface area contributed by atoms with Gasteiger partial charge >= 0.3 is 6.18 Å². The molecule has 2 saturated heterocycles. The lowest BCUT2D eigenvalue weighted by atomic mass is 9.87. The van der Waals surface area contributed by atoms with Crippen molar-refractivity contribution in [1.82, 2.24) is 14.5 Å². The van der Waals surface area contributed by atoms with Crippen molar-refractivity contribution in [3.05, 3.63) is 52.6 Å². The van der Waals surface area contributed by atoms with Crippen molar-refractivity contribution < 1.29 is 32.5 Å². The maximum absolute atomic E-state index is 14.6. The second-order valence-electron chi connectivity index (χ2n) is 8.44. The fourth-order valence-electron chi connectivity index (χ4n) is 4.53. The SMILES string of the molecule is CC(C)C(O)c1ccc(-n2ccc3c(Cl)ncnc32)c([C@@H]2OC[C@H]3OCO[C@@H]32)c1C(F)(F)F. The van der Waals surface area contributed by atoms with Gasteiger partial charge in [0.05, 0.1) is 29.3 Å². The summed E-state index contributed by atoms with van der Waals surface area (Å²) < 4.78 is 62.3. The maximum atomic E-state index is 14.6. The van der Waals surface area contributed by atoms with Crippen molar-refractivity contribution in [2.24, 2.45) is 5.92 Å². The van der Waals surface area contributed by atoms with Crippen molar-refractivity contribution >= 4 is 22.6 Å². The number of hydrogen-bond donors (Lipinski definition) is 1. The summed E-state index contributed by atoms with van der Waals surface area (Å²) >= 11 is 6.16. The van der Waals surface area contributed by atoms with Crippen molar-refractivity contribution in [2.45, 2.75) is 44.4 Å². The second kappa shape index (κ2) is 8.21. The van der Waals surface area contributed by atoms with Crippen molar-refractivity contribution in [2.75, 3.05) is 13.4 Å². The molecule has 1 N–H and O–H groups in total. The van der Waals surface area contributed by atoms with Crippen LogP contribution in [0.25, 0.3) is 16.7 Å². The Kier molecular flexibility index (Phi) is 5.61. The molecule has 2 aromatic heterocycles. The second-order valence-corrected chi connectivity index (χ2v) is 8.80. The standard InChI is InChI=1S/C22H21ClF3N3O4/c1-10(2)17(30)11-3-4-13(29-6-5-12-20(23)27-8-28-21(12)29)15(16(11)22(24,25)26)19-18-14(7-31-19)32-9-33-18/h3-6,8,10,14,17-19,30H,7,9H2,1-2H3/t14-,17?,18+,19+/m1/s1. The van der Waals surface area contributed by atoms with E-state index in [1.54, 1.807) is 26.1 Å². The average Bonchev–Trinajstić information content (AvgIpc) is 3.47. The third-order valence-corrected chi connectivity index (χ3v) is 6.41. The number of ether oxygens (including phenoxy) is 3. The van der Waals surface area contributed by atoms with E-state index in [0.29, 0.717) is 11.0 Å². The van der Waals surface area contributed by atoms with Crippen molar-refractivity contribution in [1.29, 1.82) is 0 Å². The first-order chi connectivity index (χ1) is 15.7. The van der Waals surface area contributed by atoms with Gasteiger partial charge in [-0.1, -0.05) is 31.5 Å². The van der Waals surface area contributed by atoms with Gasteiger partial charge < -0.3 is 23.9 Å². The Balaban J connectivity index is 1.82. The zero-order valence-corrected chi connectivity index (χ0v) is 18.5. The summed E-state index contributed by atoms with van der Waals surface area (Å²) in [4.78, 5) is 8.17. The molecule has 3 aromatic rings. The fourth-order valence-corrected chi connectivity index (χ4v) is 4.73. The number of aromatic nitrogens is 3. The third-order valence-electron chi connectivity index (χ3n) is 6.11. The molecule has 2 aliphatic rings.